The normalized spacial score (nSPS) is 14.7. The number of hydrogen-bond acceptors (Lipinski definition) is 4. The van der Waals surface area contributed by atoms with Crippen LogP contribution in [0.2, 0.25) is 0 Å². The number of pyridine rings is 1. The van der Waals surface area contributed by atoms with Gasteiger partial charge in [-0.3, -0.25) is 19.5 Å². The molecule has 1 aromatic carbocycles. The van der Waals surface area contributed by atoms with Crippen molar-refractivity contribution in [3.63, 3.8) is 0 Å². The number of benzene rings is 1. The van der Waals surface area contributed by atoms with Gasteiger partial charge in [-0.15, -0.1) is 11.8 Å². The Morgan fingerprint density at radius 2 is 1.69 bits per heavy atom. The lowest BCUT2D eigenvalue weighted by Gasteiger charge is -2.15. The fraction of sp³-hybridized carbons (Fsp3) is 0.286. The molecular weight excluding hydrogens is 344 g/mol. The van der Waals surface area contributed by atoms with Gasteiger partial charge in [0.1, 0.15) is 0 Å². The number of rotatable bonds is 5. The largest absolute Gasteiger partial charge is 0.269 e. The molecule has 1 aliphatic rings. The van der Waals surface area contributed by atoms with E-state index < -0.39 is 0 Å². The highest BCUT2D eigenvalue weighted by Gasteiger charge is 2.39. The Hall–Kier alpha value is -2.40. The lowest BCUT2D eigenvalue weighted by Crippen LogP contribution is -2.31. The van der Waals surface area contributed by atoms with Crippen LogP contribution >= 0.6 is 11.8 Å². The zero-order valence-corrected chi connectivity index (χ0v) is 16.3. The van der Waals surface area contributed by atoms with E-state index >= 15 is 0 Å². The zero-order chi connectivity index (χ0) is 18.8. The Kier molecular flexibility index (Phi) is 5.28. The minimum Gasteiger partial charge on any atom is -0.269 e. The molecule has 134 valence electrons. The highest BCUT2D eigenvalue weighted by molar-refractivity contribution is 8.04. The first-order valence-electron chi connectivity index (χ1n) is 8.62. The van der Waals surface area contributed by atoms with Crippen LogP contribution in [-0.2, 0) is 16.1 Å². The molecule has 1 aromatic heterocycles. The standard InChI is InChI=1S/C21H22N2O2S/c1-13(2)26-19-18(17-6-5-14(3)15(4)11-17)20(24)23(21(19)25)12-16-7-9-22-10-8-16/h5-11,13H,12H2,1-4H3. The predicted molar refractivity (Wildman–Crippen MR) is 105 cm³/mol. The van der Waals surface area contributed by atoms with Crippen LogP contribution in [0.1, 0.15) is 36.1 Å². The smallest absolute Gasteiger partial charge is 0.268 e. The summed E-state index contributed by atoms with van der Waals surface area (Å²) in [7, 11) is 0. The van der Waals surface area contributed by atoms with Crippen LogP contribution in [0.25, 0.3) is 5.57 Å². The van der Waals surface area contributed by atoms with Gasteiger partial charge in [-0.2, -0.15) is 0 Å². The van der Waals surface area contributed by atoms with Gasteiger partial charge < -0.3 is 0 Å². The van der Waals surface area contributed by atoms with E-state index in [0.717, 1.165) is 22.3 Å². The third-order valence-electron chi connectivity index (χ3n) is 4.36. The van der Waals surface area contributed by atoms with E-state index in [4.69, 9.17) is 0 Å². The molecule has 2 heterocycles. The molecule has 0 radical (unpaired) electrons. The van der Waals surface area contributed by atoms with Gasteiger partial charge in [0.15, 0.2) is 0 Å². The van der Waals surface area contributed by atoms with Gasteiger partial charge in [0, 0.05) is 17.6 Å². The highest BCUT2D eigenvalue weighted by Crippen LogP contribution is 2.38. The number of carbonyl (C=O) groups is 2. The summed E-state index contributed by atoms with van der Waals surface area (Å²) in [5.74, 6) is -0.433. The maximum Gasteiger partial charge on any atom is 0.268 e. The van der Waals surface area contributed by atoms with Gasteiger partial charge in [-0.25, -0.2) is 0 Å². The molecule has 0 unspecified atom stereocenters. The second-order valence-corrected chi connectivity index (χ2v) is 8.31. The molecule has 0 spiro atoms. The van der Waals surface area contributed by atoms with Crippen LogP contribution in [0.15, 0.2) is 47.6 Å². The fourth-order valence-corrected chi connectivity index (χ4v) is 3.87. The van der Waals surface area contributed by atoms with E-state index in [1.807, 2.05) is 58.0 Å². The Bertz CT molecular complexity index is 888. The van der Waals surface area contributed by atoms with Crippen LogP contribution in [0, 0.1) is 13.8 Å². The van der Waals surface area contributed by atoms with E-state index in [9.17, 15) is 9.59 Å². The molecule has 0 N–H and O–H groups in total. The van der Waals surface area contributed by atoms with Crippen molar-refractivity contribution in [1.82, 2.24) is 9.88 Å². The summed E-state index contributed by atoms with van der Waals surface area (Å²) < 4.78 is 0. The van der Waals surface area contributed by atoms with Gasteiger partial charge in [0.05, 0.1) is 17.0 Å². The third kappa shape index (κ3) is 3.58. The zero-order valence-electron chi connectivity index (χ0n) is 15.4. The number of aromatic nitrogens is 1. The minimum absolute atomic E-state index is 0.209. The van der Waals surface area contributed by atoms with Crippen LogP contribution in [0.3, 0.4) is 0 Å². The number of thioether (sulfide) groups is 1. The van der Waals surface area contributed by atoms with Crippen molar-refractivity contribution in [1.29, 1.82) is 0 Å². The minimum atomic E-state index is -0.224. The van der Waals surface area contributed by atoms with Gasteiger partial charge in [0.25, 0.3) is 11.8 Å². The summed E-state index contributed by atoms with van der Waals surface area (Å²) in [5, 5.41) is 0.212. The van der Waals surface area contributed by atoms with Crippen LogP contribution in [0.5, 0.6) is 0 Å². The summed E-state index contributed by atoms with van der Waals surface area (Å²) in [6.07, 6.45) is 3.34. The molecule has 0 bridgehead atoms. The van der Waals surface area contributed by atoms with E-state index in [1.165, 1.54) is 16.7 Å². The lowest BCUT2D eigenvalue weighted by molar-refractivity contribution is -0.137. The number of carbonyl (C=O) groups excluding carboxylic acids is 2. The first-order valence-corrected chi connectivity index (χ1v) is 9.50. The Morgan fingerprint density at radius 3 is 2.31 bits per heavy atom. The van der Waals surface area contributed by atoms with Gasteiger partial charge >= 0.3 is 0 Å². The molecule has 2 aromatic rings. The van der Waals surface area contributed by atoms with Crippen molar-refractivity contribution in [2.24, 2.45) is 0 Å². The van der Waals surface area contributed by atoms with E-state index in [1.54, 1.807) is 12.4 Å². The van der Waals surface area contributed by atoms with Gasteiger partial charge in [-0.1, -0.05) is 32.0 Å². The van der Waals surface area contributed by atoms with Crippen LogP contribution in [-0.4, -0.2) is 26.9 Å². The molecule has 0 aliphatic carbocycles. The summed E-state index contributed by atoms with van der Waals surface area (Å²) in [5.41, 5.74) is 4.49. The molecule has 0 saturated heterocycles. The average Bonchev–Trinajstić information content (AvgIpc) is 2.82. The third-order valence-corrected chi connectivity index (χ3v) is 5.45. The predicted octanol–water partition coefficient (Wildman–Crippen LogP) is 4.12. The summed E-state index contributed by atoms with van der Waals surface area (Å²) in [6.45, 7) is 8.37. The molecule has 1 aliphatic heterocycles. The molecule has 0 saturated carbocycles. The summed E-state index contributed by atoms with van der Waals surface area (Å²) in [6, 6.07) is 9.57. The summed E-state index contributed by atoms with van der Waals surface area (Å²) >= 11 is 1.46. The molecule has 4 nitrogen and oxygen atoms in total. The van der Waals surface area contributed by atoms with Crippen molar-refractivity contribution in [2.45, 2.75) is 39.5 Å². The number of imide groups is 1. The SMILES string of the molecule is Cc1ccc(C2=C(SC(C)C)C(=O)N(Cc3ccncc3)C2=O)cc1C. The first-order chi connectivity index (χ1) is 12.4. The number of nitrogens with zero attached hydrogens (tertiary/aromatic N) is 2. The van der Waals surface area contributed by atoms with Gasteiger partial charge in [0.2, 0.25) is 0 Å². The number of amides is 2. The summed E-state index contributed by atoms with van der Waals surface area (Å²) in [4.78, 5) is 32.0. The molecular formula is C21H22N2O2S. The second kappa shape index (κ2) is 7.46. The molecule has 26 heavy (non-hydrogen) atoms. The topological polar surface area (TPSA) is 50.3 Å². The molecule has 3 rings (SSSR count). The molecule has 0 atom stereocenters. The Balaban J connectivity index is 2.02. The second-order valence-electron chi connectivity index (χ2n) is 6.72. The Morgan fingerprint density at radius 1 is 1.00 bits per heavy atom. The van der Waals surface area contributed by atoms with E-state index in [-0.39, 0.29) is 23.6 Å². The van der Waals surface area contributed by atoms with Crippen molar-refractivity contribution in [3.8, 4) is 0 Å². The van der Waals surface area contributed by atoms with E-state index in [2.05, 4.69) is 4.98 Å². The lowest BCUT2D eigenvalue weighted by atomic mass is 10.0. The molecule has 2 amide bonds. The van der Waals surface area contributed by atoms with Gasteiger partial charge in [-0.05, 0) is 48.2 Å². The van der Waals surface area contributed by atoms with Crippen molar-refractivity contribution >= 4 is 29.1 Å². The van der Waals surface area contributed by atoms with Crippen molar-refractivity contribution < 1.29 is 9.59 Å². The average molecular weight is 366 g/mol. The Labute approximate surface area is 158 Å². The fourth-order valence-electron chi connectivity index (χ4n) is 2.86. The van der Waals surface area contributed by atoms with Crippen molar-refractivity contribution in [3.05, 3.63) is 69.9 Å². The molecule has 0 fully saturated rings. The monoisotopic (exact) mass is 366 g/mol. The molecule has 5 heteroatoms. The first kappa shape index (κ1) is 18.4. The van der Waals surface area contributed by atoms with Crippen LogP contribution < -0.4 is 0 Å². The number of hydrogen-bond donors (Lipinski definition) is 0. The highest BCUT2D eigenvalue weighted by atomic mass is 32.2. The van der Waals surface area contributed by atoms with Crippen LogP contribution in [0.4, 0.5) is 0 Å². The number of aryl methyl sites for hydroxylation is 2. The maximum atomic E-state index is 13.1. The van der Waals surface area contributed by atoms with Crippen molar-refractivity contribution in [2.75, 3.05) is 0 Å². The van der Waals surface area contributed by atoms with E-state index in [0.29, 0.717) is 10.5 Å². The quantitative estimate of drug-likeness (QED) is 0.747. The maximum absolute atomic E-state index is 13.1.